The molecule has 0 atom stereocenters. The van der Waals surface area contributed by atoms with Crippen molar-refractivity contribution in [2.24, 2.45) is 0 Å². The number of nitrogens with zero attached hydrogens (tertiary/aromatic N) is 4. The number of hydrogen-bond donors (Lipinski definition) is 1. The highest BCUT2D eigenvalue weighted by atomic mass is 19.4. The zero-order valence-corrected chi connectivity index (χ0v) is 15.0. The summed E-state index contributed by atoms with van der Waals surface area (Å²) in [5, 5.41) is 24.3. The Morgan fingerprint density at radius 2 is 1.80 bits per heavy atom. The molecule has 0 radical (unpaired) electrons. The summed E-state index contributed by atoms with van der Waals surface area (Å²) < 4.78 is 53.8. The van der Waals surface area contributed by atoms with Gasteiger partial charge < -0.3 is 5.32 Å². The minimum absolute atomic E-state index is 0.0742. The fourth-order valence-electron chi connectivity index (χ4n) is 2.66. The van der Waals surface area contributed by atoms with E-state index >= 15 is 0 Å². The fraction of sp³-hybridized carbons (Fsp3) is 0.100. The van der Waals surface area contributed by atoms with Gasteiger partial charge in [0.1, 0.15) is 11.9 Å². The first-order valence-electron chi connectivity index (χ1n) is 8.37. The first-order chi connectivity index (χ1) is 14.2. The molecule has 0 spiro atoms. The number of carbonyl (C=O) groups is 1. The summed E-state index contributed by atoms with van der Waals surface area (Å²) >= 11 is 0. The number of benzene rings is 2. The molecule has 1 N–H and O–H groups in total. The van der Waals surface area contributed by atoms with Gasteiger partial charge in [-0.05, 0) is 42.5 Å². The molecule has 0 aliphatic rings. The maximum absolute atomic E-state index is 13.3. The summed E-state index contributed by atoms with van der Waals surface area (Å²) in [6, 6.07) is 11.3. The number of nitriles is 2. The molecular formula is C20H11F4N5O. The topological polar surface area (TPSA) is 94.5 Å². The van der Waals surface area contributed by atoms with Crippen LogP contribution in [0.25, 0.3) is 5.69 Å². The van der Waals surface area contributed by atoms with Crippen LogP contribution in [0.4, 0.5) is 23.2 Å². The molecule has 30 heavy (non-hydrogen) atoms. The highest BCUT2D eigenvalue weighted by molar-refractivity contribution is 5.92. The van der Waals surface area contributed by atoms with E-state index in [-0.39, 0.29) is 29.1 Å². The first kappa shape index (κ1) is 20.6. The standard InChI is InChI=1S/C20H11F4N5O/c21-18-4-2-14(7-13(18)11-26)27-19(30)8-15-5-6-29(28-15)16-3-1-12(10-25)17(9-16)20(22,23)24/h1-7,9H,8H2,(H,27,30). The van der Waals surface area contributed by atoms with Crippen molar-refractivity contribution < 1.29 is 22.4 Å². The van der Waals surface area contributed by atoms with Crippen molar-refractivity contribution in [1.29, 1.82) is 10.5 Å². The van der Waals surface area contributed by atoms with Crippen molar-refractivity contribution in [1.82, 2.24) is 9.78 Å². The second-order valence-electron chi connectivity index (χ2n) is 6.12. The third kappa shape index (κ3) is 4.45. The fourth-order valence-corrected chi connectivity index (χ4v) is 2.66. The van der Waals surface area contributed by atoms with Crippen LogP contribution < -0.4 is 5.32 Å². The summed E-state index contributed by atoms with van der Waals surface area (Å²) in [4.78, 5) is 12.2. The highest BCUT2D eigenvalue weighted by Gasteiger charge is 2.34. The maximum atomic E-state index is 13.3. The van der Waals surface area contributed by atoms with Crippen LogP contribution >= 0.6 is 0 Å². The van der Waals surface area contributed by atoms with E-state index in [9.17, 15) is 22.4 Å². The third-order valence-corrected chi connectivity index (χ3v) is 4.05. The molecule has 3 rings (SSSR count). The van der Waals surface area contributed by atoms with E-state index in [2.05, 4.69) is 10.4 Å². The Bertz CT molecular complexity index is 1200. The van der Waals surface area contributed by atoms with Gasteiger partial charge in [0.15, 0.2) is 0 Å². The number of aromatic nitrogens is 2. The van der Waals surface area contributed by atoms with Crippen molar-refractivity contribution >= 4 is 11.6 Å². The molecule has 0 saturated carbocycles. The van der Waals surface area contributed by atoms with Crippen molar-refractivity contribution in [3.63, 3.8) is 0 Å². The Morgan fingerprint density at radius 3 is 2.47 bits per heavy atom. The van der Waals surface area contributed by atoms with Crippen LogP contribution in [-0.2, 0) is 17.4 Å². The number of carbonyl (C=O) groups excluding carboxylic acids is 1. The number of amides is 1. The Labute approximate surface area is 167 Å². The molecule has 1 heterocycles. The second-order valence-corrected chi connectivity index (χ2v) is 6.12. The monoisotopic (exact) mass is 413 g/mol. The van der Waals surface area contributed by atoms with E-state index in [4.69, 9.17) is 10.5 Å². The molecule has 0 unspecified atom stereocenters. The molecule has 0 fully saturated rings. The zero-order valence-electron chi connectivity index (χ0n) is 15.0. The van der Waals surface area contributed by atoms with Crippen molar-refractivity contribution in [3.8, 4) is 17.8 Å². The van der Waals surface area contributed by atoms with Crippen LogP contribution in [0.15, 0.2) is 48.7 Å². The van der Waals surface area contributed by atoms with Crippen LogP contribution in [0.1, 0.15) is 22.4 Å². The SMILES string of the molecule is N#Cc1cc(NC(=O)Cc2ccn(-c3ccc(C#N)c(C(F)(F)F)c3)n2)ccc1F. The maximum Gasteiger partial charge on any atom is 0.417 e. The van der Waals surface area contributed by atoms with Crippen LogP contribution in [0, 0.1) is 28.5 Å². The molecule has 1 amide bonds. The number of rotatable bonds is 4. The van der Waals surface area contributed by atoms with E-state index in [0.717, 1.165) is 22.9 Å². The first-order valence-corrected chi connectivity index (χ1v) is 8.37. The summed E-state index contributed by atoms with van der Waals surface area (Å²) in [7, 11) is 0. The summed E-state index contributed by atoms with van der Waals surface area (Å²) in [6.07, 6.45) is -3.52. The molecule has 6 nitrogen and oxygen atoms in total. The summed E-state index contributed by atoms with van der Waals surface area (Å²) in [5.74, 6) is -1.22. The van der Waals surface area contributed by atoms with Crippen LogP contribution in [0.3, 0.4) is 0 Å². The van der Waals surface area contributed by atoms with Gasteiger partial charge in [0.2, 0.25) is 5.91 Å². The van der Waals surface area contributed by atoms with Crippen LogP contribution in [-0.4, -0.2) is 15.7 Å². The molecule has 2 aromatic carbocycles. The van der Waals surface area contributed by atoms with Gasteiger partial charge in [-0.15, -0.1) is 0 Å². The lowest BCUT2D eigenvalue weighted by molar-refractivity contribution is -0.137. The molecule has 150 valence electrons. The van der Waals surface area contributed by atoms with Gasteiger partial charge in [-0.2, -0.15) is 28.8 Å². The molecule has 3 aromatic rings. The van der Waals surface area contributed by atoms with E-state index in [1.165, 1.54) is 36.5 Å². The predicted octanol–water partition coefficient (Wildman–Crippen LogP) is 3.95. The van der Waals surface area contributed by atoms with E-state index < -0.39 is 29.0 Å². The third-order valence-electron chi connectivity index (χ3n) is 4.05. The lowest BCUT2D eigenvalue weighted by Crippen LogP contribution is -2.15. The normalized spacial score (nSPS) is 10.9. The number of anilines is 1. The smallest absolute Gasteiger partial charge is 0.326 e. The Hall–Kier alpha value is -4.18. The van der Waals surface area contributed by atoms with Gasteiger partial charge in [-0.25, -0.2) is 9.07 Å². The van der Waals surface area contributed by atoms with Gasteiger partial charge in [-0.1, -0.05) is 0 Å². The van der Waals surface area contributed by atoms with Gasteiger partial charge in [0.05, 0.1) is 40.6 Å². The highest BCUT2D eigenvalue weighted by Crippen LogP contribution is 2.33. The molecule has 0 aliphatic heterocycles. The molecule has 0 aliphatic carbocycles. The van der Waals surface area contributed by atoms with Gasteiger partial charge in [0, 0.05) is 11.9 Å². The van der Waals surface area contributed by atoms with Crippen LogP contribution in [0.2, 0.25) is 0 Å². The van der Waals surface area contributed by atoms with Crippen molar-refractivity contribution in [3.05, 3.63) is 76.9 Å². The number of hydrogen-bond acceptors (Lipinski definition) is 4. The predicted molar refractivity (Wildman–Crippen MR) is 96.7 cm³/mol. The quantitative estimate of drug-likeness (QED) is 0.655. The van der Waals surface area contributed by atoms with Gasteiger partial charge in [0.25, 0.3) is 0 Å². The lowest BCUT2D eigenvalue weighted by atomic mass is 10.1. The largest absolute Gasteiger partial charge is 0.417 e. The van der Waals surface area contributed by atoms with E-state index in [0.29, 0.717) is 0 Å². The zero-order chi connectivity index (χ0) is 21.9. The number of alkyl halides is 3. The second kappa shape index (κ2) is 8.05. The van der Waals surface area contributed by atoms with Crippen molar-refractivity contribution in [2.45, 2.75) is 12.6 Å². The lowest BCUT2D eigenvalue weighted by Gasteiger charge is -2.10. The van der Waals surface area contributed by atoms with E-state index in [1.54, 1.807) is 6.07 Å². The molecular weight excluding hydrogens is 402 g/mol. The minimum Gasteiger partial charge on any atom is -0.326 e. The van der Waals surface area contributed by atoms with Crippen molar-refractivity contribution in [2.75, 3.05) is 5.32 Å². The molecule has 1 aromatic heterocycles. The van der Waals surface area contributed by atoms with E-state index in [1.807, 2.05) is 0 Å². The number of halogens is 4. The Balaban J connectivity index is 1.76. The summed E-state index contributed by atoms with van der Waals surface area (Å²) in [5.41, 5.74) is -1.24. The van der Waals surface area contributed by atoms with Gasteiger partial charge >= 0.3 is 6.18 Å². The minimum atomic E-state index is -4.70. The number of nitrogens with one attached hydrogen (secondary N) is 1. The Morgan fingerprint density at radius 1 is 1.07 bits per heavy atom. The average Bonchev–Trinajstić information content (AvgIpc) is 3.16. The average molecular weight is 413 g/mol. The molecule has 0 bridgehead atoms. The molecule has 0 saturated heterocycles. The Kier molecular flexibility index (Phi) is 5.52. The van der Waals surface area contributed by atoms with Gasteiger partial charge in [-0.3, -0.25) is 4.79 Å². The summed E-state index contributed by atoms with van der Waals surface area (Å²) in [6.45, 7) is 0. The van der Waals surface area contributed by atoms with Crippen LogP contribution in [0.5, 0.6) is 0 Å². The molecule has 10 heteroatoms.